The van der Waals surface area contributed by atoms with Crippen LogP contribution in [0.5, 0.6) is 0 Å². The lowest BCUT2D eigenvalue weighted by molar-refractivity contribution is -0.102. The smallest absolute Gasteiger partial charge is 0.408 e. The van der Waals surface area contributed by atoms with Gasteiger partial charge in [-0.2, -0.15) is 8.78 Å². The minimum absolute atomic E-state index is 0.0124. The van der Waals surface area contributed by atoms with Crippen molar-refractivity contribution in [2.45, 2.75) is 76.1 Å². The molecule has 2 atom stereocenters. The van der Waals surface area contributed by atoms with Crippen LogP contribution in [0.3, 0.4) is 0 Å². The van der Waals surface area contributed by atoms with E-state index in [1.807, 2.05) is 5.32 Å². The Labute approximate surface area is 200 Å². The maximum atomic E-state index is 14.9. The van der Waals surface area contributed by atoms with E-state index < -0.39 is 60.8 Å². The van der Waals surface area contributed by atoms with Crippen LogP contribution in [0.15, 0.2) is 16.7 Å². The summed E-state index contributed by atoms with van der Waals surface area (Å²) in [5.41, 5.74) is -1.91. The monoisotopic (exact) mass is 521 g/mol. The van der Waals surface area contributed by atoms with Gasteiger partial charge in [-0.05, 0) is 32.8 Å². The molecule has 9 nitrogen and oxygen atoms in total. The summed E-state index contributed by atoms with van der Waals surface area (Å²) in [5.74, 6) is -5.37. The second-order valence-corrected chi connectivity index (χ2v) is 9.03. The molecule has 4 rings (SSSR count). The van der Waals surface area contributed by atoms with Crippen molar-refractivity contribution in [3.8, 4) is 11.5 Å². The van der Waals surface area contributed by atoms with E-state index in [2.05, 4.69) is 19.9 Å². The van der Waals surface area contributed by atoms with Crippen LogP contribution in [0.1, 0.15) is 61.5 Å². The van der Waals surface area contributed by atoms with Crippen LogP contribution in [0.4, 0.5) is 31.1 Å². The highest BCUT2D eigenvalue weighted by atomic mass is 19.3. The molecule has 2 aliphatic rings. The fraction of sp³-hybridized carbons (Fsp3) is 0.571. The number of hydrogen-bond acceptors (Lipinski definition) is 7. The zero-order chi connectivity index (χ0) is 26.4. The highest BCUT2D eigenvalue weighted by molar-refractivity contribution is 5.99. The van der Waals surface area contributed by atoms with Crippen LogP contribution in [0.25, 0.3) is 11.5 Å². The van der Waals surface area contributed by atoms with Crippen LogP contribution in [0, 0.1) is 0 Å². The van der Waals surface area contributed by atoms with Gasteiger partial charge >= 0.3 is 12.5 Å². The fourth-order valence-electron chi connectivity index (χ4n) is 4.14. The van der Waals surface area contributed by atoms with E-state index in [-0.39, 0.29) is 42.1 Å². The summed E-state index contributed by atoms with van der Waals surface area (Å²) in [5, 5.41) is 8.69. The third-order valence-electron chi connectivity index (χ3n) is 6.06. The van der Waals surface area contributed by atoms with Crippen molar-refractivity contribution < 1.29 is 45.1 Å². The number of nitrogens with one attached hydrogen (secondary N) is 1. The lowest BCUT2D eigenvalue weighted by Crippen LogP contribution is -2.62. The molecule has 2 aromatic rings. The van der Waals surface area contributed by atoms with E-state index >= 15 is 0 Å². The van der Waals surface area contributed by atoms with Gasteiger partial charge in [0.1, 0.15) is 6.04 Å². The van der Waals surface area contributed by atoms with Crippen LogP contribution < -0.4 is 5.32 Å². The lowest BCUT2D eigenvalue weighted by Gasteiger charge is -2.42. The largest absolute Gasteiger partial charge is 0.437 e. The Morgan fingerprint density at radius 2 is 2.00 bits per heavy atom. The van der Waals surface area contributed by atoms with Gasteiger partial charge in [0, 0.05) is 12.6 Å². The van der Waals surface area contributed by atoms with Crippen molar-refractivity contribution in [3.05, 3.63) is 29.4 Å². The number of carbonyl (C=O) groups excluding carboxylic acids is 2. The summed E-state index contributed by atoms with van der Waals surface area (Å²) in [7, 11) is 0. The molecule has 0 aromatic carbocycles. The Balaban J connectivity index is 1.56. The summed E-state index contributed by atoms with van der Waals surface area (Å²) >= 11 is 0. The number of aromatic nitrogens is 3. The highest BCUT2D eigenvalue weighted by Crippen LogP contribution is 2.39. The molecule has 0 unspecified atom stereocenters. The number of alkyl carbamates (subject to hydrolysis) is 1. The Morgan fingerprint density at radius 3 is 2.64 bits per heavy atom. The average molecular weight is 521 g/mol. The number of nitrogens with zero attached hydrogens (tertiary/aromatic N) is 4. The zero-order valence-electron chi connectivity index (χ0n) is 19.0. The molecule has 1 N–H and O–H groups in total. The van der Waals surface area contributed by atoms with Gasteiger partial charge in [0.05, 0.1) is 29.4 Å². The zero-order valence-corrected chi connectivity index (χ0v) is 19.0. The van der Waals surface area contributed by atoms with Gasteiger partial charge in [0.2, 0.25) is 5.89 Å². The third kappa shape index (κ3) is 4.82. The molecule has 1 aliphatic carbocycles. The second-order valence-electron chi connectivity index (χ2n) is 9.03. The predicted molar refractivity (Wildman–Crippen MR) is 108 cm³/mol. The number of fused-ring (bicyclic) bond motifs is 1. The topological polar surface area (TPSA) is 110 Å². The molecule has 0 radical (unpaired) electrons. The number of rotatable bonds is 6. The highest BCUT2D eigenvalue weighted by Gasteiger charge is 2.52. The minimum atomic E-state index is -3.46. The minimum Gasteiger partial charge on any atom is -0.437 e. The summed E-state index contributed by atoms with van der Waals surface area (Å²) < 4.78 is 90.9. The first-order valence-electron chi connectivity index (χ1n) is 10.9. The van der Waals surface area contributed by atoms with Crippen molar-refractivity contribution in [3.63, 3.8) is 0 Å². The van der Waals surface area contributed by atoms with Crippen molar-refractivity contribution in [2.24, 2.45) is 0 Å². The molecule has 2 aromatic heterocycles. The molecule has 0 spiro atoms. The molecule has 3 heterocycles. The normalized spacial score (nSPS) is 21.7. The van der Waals surface area contributed by atoms with E-state index in [9.17, 15) is 35.9 Å². The number of pyridine rings is 1. The number of halogens is 6. The van der Waals surface area contributed by atoms with Gasteiger partial charge in [-0.15, -0.1) is 10.2 Å². The van der Waals surface area contributed by atoms with Crippen LogP contribution >= 0.6 is 0 Å². The molecule has 1 saturated carbocycles. The second kappa shape index (κ2) is 9.24. The SMILES string of the molecule is CC(C)(OC(=O)N[C@H]1[C@H](N2Cc3ncc(-c4nnc(C(F)F)o4)cc3C2=O)CCCC1(F)F)C(F)F. The third-order valence-corrected chi connectivity index (χ3v) is 6.06. The first-order valence-corrected chi connectivity index (χ1v) is 10.9. The molecule has 1 fully saturated rings. The molecule has 2 amide bonds. The first-order chi connectivity index (χ1) is 16.8. The standard InChI is InChI=1S/C21H21F6N5O4/c1-20(2,18(24)25)36-19(34)29-13-12(4-3-5-21(13,26)27)32-8-11-10(17(32)33)6-9(7-28-11)15-30-31-16(35-15)14(22)23/h6-7,12-14,18H,3-5,8H2,1-2H3,(H,29,34)/t12-,13+/m1/s1. The molecular weight excluding hydrogens is 500 g/mol. The van der Waals surface area contributed by atoms with Gasteiger partial charge in [-0.3, -0.25) is 9.78 Å². The maximum absolute atomic E-state index is 14.9. The van der Waals surface area contributed by atoms with Crippen LogP contribution in [-0.2, 0) is 11.3 Å². The van der Waals surface area contributed by atoms with E-state index in [1.54, 1.807) is 0 Å². The van der Waals surface area contributed by atoms with Crippen molar-refractivity contribution >= 4 is 12.0 Å². The first kappa shape index (κ1) is 25.7. The van der Waals surface area contributed by atoms with Crippen molar-refractivity contribution in [1.82, 2.24) is 25.4 Å². The average Bonchev–Trinajstić information content (AvgIpc) is 3.40. The van der Waals surface area contributed by atoms with Gasteiger partial charge in [0.25, 0.3) is 24.1 Å². The Kier molecular flexibility index (Phi) is 6.60. The predicted octanol–water partition coefficient (Wildman–Crippen LogP) is 4.35. The van der Waals surface area contributed by atoms with E-state index in [4.69, 9.17) is 4.42 Å². The maximum Gasteiger partial charge on any atom is 0.408 e. The van der Waals surface area contributed by atoms with Gasteiger partial charge in [0.15, 0.2) is 5.60 Å². The summed E-state index contributed by atoms with van der Waals surface area (Å²) in [6.45, 7) is 1.70. The van der Waals surface area contributed by atoms with E-state index in [0.29, 0.717) is 0 Å². The molecular formula is C21H21F6N5O4. The summed E-state index contributed by atoms with van der Waals surface area (Å²) in [6, 6.07) is -1.83. The Morgan fingerprint density at radius 1 is 1.28 bits per heavy atom. The number of carbonyl (C=O) groups is 2. The molecule has 0 bridgehead atoms. The molecule has 1 aliphatic heterocycles. The van der Waals surface area contributed by atoms with Gasteiger partial charge in [-0.25, -0.2) is 22.4 Å². The van der Waals surface area contributed by atoms with E-state index in [0.717, 1.165) is 18.7 Å². The molecule has 0 saturated heterocycles. The summed E-state index contributed by atoms with van der Waals surface area (Å²) in [6.07, 6.45) is -6.77. The lowest BCUT2D eigenvalue weighted by atomic mass is 9.86. The van der Waals surface area contributed by atoms with Crippen LogP contribution in [0.2, 0.25) is 0 Å². The van der Waals surface area contributed by atoms with Crippen molar-refractivity contribution in [1.29, 1.82) is 0 Å². The van der Waals surface area contributed by atoms with E-state index in [1.165, 1.54) is 12.3 Å². The molecule has 196 valence electrons. The van der Waals surface area contributed by atoms with Gasteiger partial charge < -0.3 is 19.4 Å². The molecule has 36 heavy (non-hydrogen) atoms. The number of ether oxygens (including phenoxy) is 1. The fourth-order valence-corrected chi connectivity index (χ4v) is 4.14. The molecule has 15 heteroatoms. The van der Waals surface area contributed by atoms with Gasteiger partial charge in [-0.1, -0.05) is 0 Å². The quantitative estimate of drug-likeness (QED) is 0.563. The van der Waals surface area contributed by atoms with Crippen molar-refractivity contribution in [2.75, 3.05) is 0 Å². The number of hydrogen-bond donors (Lipinski definition) is 1. The number of amides is 2. The Bertz CT molecular complexity index is 1160. The summed E-state index contributed by atoms with van der Waals surface area (Å²) in [4.78, 5) is 30.6. The number of alkyl halides is 6. The van der Waals surface area contributed by atoms with Crippen LogP contribution in [-0.4, -0.2) is 62.1 Å². The Hall–Kier alpha value is -3.39.